The molecule has 0 heterocycles. The second-order valence-electron chi connectivity index (χ2n) is 23.2. The van der Waals surface area contributed by atoms with Gasteiger partial charge in [0.25, 0.3) is 0 Å². The van der Waals surface area contributed by atoms with Crippen LogP contribution in [0.15, 0.2) is 12.2 Å². The van der Waals surface area contributed by atoms with Gasteiger partial charge in [-0.05, 0) is 38.5 Å². The van der Waals surface area contributed by atoms with Crippen LogP contribution >= 0.6 is 0 Å². The minimum absolute atomic E-state index is 0.373. The van der Waals surface area contributed by atoms with Crippen LogP contribution in [0.25, 0.3) is 0 Å². The van der Waals surface area contributed by atoms with Crippen LogP contribution in [0.3, 0.4) is 0 Å². The van der Waals surface area contributed by atoms with Crippen molar-refractivity contribution in [1.29, 1.82) is 0 Å². The molecule has 6 nitrogen and oxygen atoms in total. The highest BCUT2D eigenvalue weighted by Gasteiger charge is 2.28. The summed E-state index contributed by atoms with van der Waals surface area (Å²) in [5.41, 5.74) is 0. The van der Waals surface area contributed by atoms with Gasteiger partial charge in [0.1, 0.15) is 12.2 Å². The van der Waals surface area contributed by atoms with Crippen molar-refractivity contribution in [1.82, 2.24) is 5.32 Å². The molecular weight excluding hydrogens is 887 g/mol. The van der Waals surface area contributed by atoms with E-state index in [4.69, 9.17) is 0 Å². The fourth-order valence-electron chi connectivity index (χ4n) is 10.8. The molecule has 4 unspecified atom stereocenters. The molecule has 0 aromatic rings. The highest BCUT2D eigenvalue weighted by molar-refractivity contribution is 5.80. The Morgan fingerprint density at radius 2 is 0.556 bits per heavy atom. The number of amides is 1. The van der Waals surface area contributed by atoms with E-state index in [2.05, 4.69) is 31.3 Å². The van der Waals surface area contributed by atoms with Crippen LogP contribution in [-0.4, -0.2) is 57.3 Å². The molecule has 0 aliphatic carbocycles. The van der Waals surface area contributed by atoms with E-state index in [0.717, 1.165) is 38.5 Å². The van der Waals surface area contributed by atoms with Crippen molar-refractivity contribution >= 4 is 5.91 Å². The molecule has 0 radical (unpaired) electrons. The lowest BCUT2D eigenvalue weighted by molar-refractivity contribution is -0.132. The number of hydrogen-bond donors (Lipinski definition) is 5. The standard InChI is InChI=1S/C66H131NO5/c1-3-5-7-9-11-13-15-17-19-21-23-25-27-29-31-32-33-34-36-38-40-42-44-46-48-50-52-54-56-58-60-64(70)66(72)67-62(61-68)65(71)63(69)59-57-55-53-51-49-47-45-43-41-39-37-35-30-28-26-24-22-20-18-16-14-12-10-8-6-4-2/h29,31,62-65,68-71H,3-28,30,32-61H2,1-2H3,(H,67,72)/b31-29-. The van der Waals surface area contributed by atoms with Gasteiger partial charge in [0.15, 0.2) is 0 Å². The van der Waals surface area contributed by atoms with Crippen LogP contribution in [0, 0.1) is 0 Å². The molecule has 0 rings (SSSR count). The van der Waals surface area contributed by atoms with Gasteiger partial charge in [-0.3, -0.25) is 4.79 Å². The predicted octanol–water partition coefficient (Wildman–Crippen LogP) is 20.0. The largest absolute Gasteiger partial charge is 0.394 e. The van der Waals surface area contributed by atoms with Crippen LogP contribution in [0.2, 0.25) is 0 Å². The lowest BCUT2D eigenvalue weighted by Gasteiger charge is -2.27. The molecule has 72 heavy (non-hydrogen) atoms. The number of carbonyl (C=O) groups excluding carboxylic acids is 1. The van der Waals surface area contributed by atoms with Crippen LogP contribution in [-0.2, 0) is 4.79 Å². The van der Waals surface area contributed by atoms with Gasteiger partial charge < -0.3 is 25.7 Å². The highest BCUT2D eigenvalue weighted by Crippen LogP contribution is 2.19. The molecule has 0 saturated carbocycles. The quantitative estimate of drug-likeness (QED) is 0.0308. The summed E-state index contributed by atoms with van der Waals surface area (Å²) in [5, 5.41) is 44.2. The zero-order valence-electron chi connectivity index (χ0n) is 49.0. The van der Waals surface area contributed by atoms with Crippen molar-refractivity contribution in [3.8, 4) is 0 Å². The Labute approximate surface area is 451 Å². The van der Waals surface area contributed by atoms with Crippen molar-refractivity contribution < 1.29 is 25.2 Å². The molecule has 0 spiro atoms. The maximum absolute atomic E-state index is 12.6. The van der Waals surface area contributed by atoms with Crippen molar-refractivity contribution in [2.75, 3.05) is 6.61 Å². The first kappa shape index (κ1) is 71.0. The fraction of sp³-hybridized carbons (Fsp3) is 0.955. The first-order chi connectivity index (χ1) is 35.5. The molecule has 0 bridgehead atoms. The van der Waals surface area contributed by atoms with Gasteiger partial charge in [0.2, 0.25) is 5.91 Å². The number of unbranched alkanes of at least 4 members (excludes halogenated alkanes) is 51. The Bertz CT molecular complexity index is 1050. The lowest BCUT2D eigenvalue weighted by atomic mass is 9.99. The van der Waals surface area contributed by atoms with Crippen LogP contribution in [0.1, 0.15) is 373 Å². The SMILES string of the molecule is CCCCCCCCCCCCCC/C=C\CCCCCCCCCCCCCCCCC(O)C(=O)NC(CO)C(O)C(O)CCCCCCCCCCCCCCCCCCCCCCCCCCCC. The van der Waals surface area contributed by atoms with E-state index in [1.54, 1.807) is 0 Å². The van der Waals surface area contributed by atoms with E-state index >= 15 is 0 Å². The third-order valence-corrected chi connectivity index (χ3v) is 16.0. The Morgan fingerprint density at radius 3 is 0.806 bits per heavy atom. The number of nitrogens with one attached hydrogen (secondary N) is 1. The van der Waals surface area contributed by atoms with Gasteiger partial charge in [-0.1, -0.05) is 347 Å². The van der Waals surface area contributed by atoms with Crippen molar-refractivity contribution in [3.63, 3.8) is 0 Å². The van der Waals surface area contributed by atoms with E-state index in [1.165, 1.54) is 308 Å². The summed E-state index contributed by atoms with van der Waals surface area (Å²) in [5.74, 6) is -0.576. The second-order valence-corrected chi connectivity index (χ2v) is 23.2. The molecule has 0 saturated heterocycles. The van der Waals surface area contributed by atoms with Crippen LogP contribution in [0.4, 0.5) is 0 Å². The fourth-order valence-corrected chi connectivity index (χ4v) is 10.8. The molecule has 4 atom stereocenters. The topological polar surface area (TPSA) is 110 Å². The summed E-state index contributed by atoms with van der Waals surface area (Å²) in [7, 11) is 0. The van der Waals surface area contributed by atoms with E-state index < -0.39 is 36.9 Å². The number of hydrogen-bond acceptors (Lipinski definition) is 5. The highest BCUT2D eigenvalue weighted by atomic mass is 16.3. The van der Waals surface area contributed by atoms with Crippen LogP contribution < -0.4 is 5.32 Å². The summed E-state index contributed by atoms with van der Waals surface area (Å²) in [6.45, 7) is 4.11. The maximum Gasteiger partial charge on any atom is 0.249 e. The van der Waals surface area contributed by atoms with Gasteiger partial charge in [0.05, 0.1) is 18.8 Å². The molecule has 0 aliphatic rings. The number of carbonyl (C=O) groups is 1. The molecule has 0 aromatic carbocycles. The molecule has 6 heteroatoms. The van der Waals surface area contributed by atoms with Crippen molar-refractivity contribution in [2.24, 2.45) is 0 Å². The number of aliphatic hydroxyl groups excluding tert-OH is 4. The zero-order valence-corrected chi connectivity index (χ0v) is 49.0. The third kappa shape index (κ3) is 53.9. The van der Waals surface area contributed by atoms with Gasteiger partial charge in [0, 0.05) is 0 Å². The summed E-state index contributed by atoms with van der Waals surface area (Å²) in [4.78, 5) is 12.6. The average molecular weight is 1020 g/mol. The first-order valence-corrected chi connectivity index (χ1v) is 33.1. The summed E-state index contributed by atoms with van der Waals surface area (Å²) in [6, 6.07) is -0.984. The molecule has 0 fully saturated rings. The smallest absolute Gasteiger partial charge is 0.249 e. The third-order valence-electron chi connectivity index (χ3n) is 16.0. The Hall–Kier alpha value is -0.950. The lowest BCUT2D eigenvalue weighted by Crippen LogP contribution is -2.53. The summed E-state index contributed by atoms with van der Waals surface area (Å²) >= 11 is 0. The molecule has 0 aromatic heterocycles. The van der Waals surface area contributed by atoms with Crippen LogP contribution in [0.5, 0.6) is 0 Å². The minimum Gasteiger partial charge on any atom is -0.394 e. The van der Waals surface area contributed by atoms with Gasteiger partial charge in [-0.15, -0.1) is 0 Å². The van der Waals surface area contributed by atoms with E-state index in [1.807, 2.05) is 0 Å². The first-order valence-electron chi connectivity index (χ1n) is 33.1. The minimum atomic E-state index is -1.26. The maximum atomic E-state index is 12.6. The second kappa shape index (κ2) is 60.9. The molecule has 0 aliphatic heterocycles. The Kier molecular flexibility index (Phi) is 60.1. The molecular formula is C66H131NO5. The summed E-state index contributed by atoms with van der Waals surface area (Å²) in [6.07, 6.45) is 74.6. The van der Waals surface area contributed by atoms with Gasteiger partial charge >= 0.3 is 0 Å². The average Bonchev–Trinajstić information content (AvgIpc) is 3.39. The van der Waals surface area contributed by atoms with E-state index in [9.17, 15) is 25.2 Å². The van der Waals surface area contributed by atoms with E-state index in [0.29, 0.717) is 12.8 Å². The van der Waals surface area contributed by atoms with Crippen molar-refractivity contribution in [3.05, 3.63) is 12.2 Å². The number of rotatable bonds is 62. The number of allylic oxidation sites excluding steroid dienone is 2. The van der Waals surface area contributed by atoms with E-state index in [-0.39, 0.29) is 0 Å². The van der Waals surface area contributed by atoms with Crippen molar-refractivity contribution in [2.45, 2.75) is 398 Å². The Morgan fingerprint density at radius 1 is 0.333 bits per heavy atom. The summed E-state index contributed by atoms with van der Waals surface area (Å²) < 4.78 is 0. The zero-order chi connectivity index (χ0) is 52.3. The predicted molar refractivity (Wildman–Crippen MR) is 316 cm³/mol. The van der Waals surface area contributed by atoms with Gasteiger partial charge in [-0.2, -0.15) is 0 Å². The molecule has 5 N–H and O–H groups in total. The monoisotopic (exact) mass is 1020 g/mol. The van der Waals surface area contributed by atoms with Gasteiger partial charge in [-0.25, -0.2) is 0 Å². The Balaban J connectivity index is 3.54. The molecule has 430 valence electrons. The molecule has 1 amide bonds. The number of aliphatic hydroxyl groups is 4. The normalized spacial score (nSPS) is 13.6.